The zero-order chi connectivity index (χ0) is 8.04. The Bertz CT molecular complexity index is 74.8. The molecule has 0 atom stereocenters. The van der Waals surface area contributed by atoms with Gasteiger partial charge in [-0.25, -0.2) is 0 Å². The van der Waals surface area contributed by atoms with E-state index in [0.29, 0.717) is 4.32 Å². The summed E-state index contributed by atoms with van der Waals surface area (Å²) < 4.78 is 0.447. The topological polar surface area (TPSA) is 0 Å². The van der Waals surface area contributed by atoms with E-state index in [4.69, 9.17) is 0 Å². The fourth-order valence-corrected chi connectivity index (χ4v) is 1.38. The highest BCUT2D eigenvalue weighted by atomic mass is 79.9. The minimum absolute atomic E-state index is 0.447. The highest BCUT2D eigenvalue weighted by molar-refractivity contribution is 9.10. The molecule has 0 heterocycles. The standard InChI is InChI=1S/C9H19Br/c1-4-7-8-9(10,5-2)6-3/h4-8H2,1-3H3. The van der Waals surface area contributed by atoms with Crippen molar-refractivity contribution in [2.45, 2.75) is 57.2 Å². The van der Waals surface area contributed by atoms with Gasteiger partial charge < -0.3 is 0 Å². The average molecular weight is 207 g/mol. The molecule has 0 rings (SSSR count). The first-order valence-electron chi connectivity index (χ1n) is 4.37. The van der Waals surface area contributed by atoms with Gasteiger partial charge in [-0.2, -0.15) is 0 Å². The van der Waals surface area contributed by atoms with E-state index >= 15 is 0 Å². The number of rotatable bonds is 5. The Morgan fingerprint density at radius 2 is 1.60 bits per heavy atom. The Morgan fingerprint density at radius 3 is 1.90 bits per heavy atom. The van der Waals surface area contributed by atoms with E-state index < -0.39 is 0 Å². The minimum Gasteiger partial charge on any atom is -0.0854 e. The van der Waals surface area contributed by atoms with Crippen LogP contribution in [0, 0.1) is 0 Å². The maximum atomic E-state index is 3.78. The molecule has 0 aromatic carbocycles. The molecule has 10 heavy (non-hydrogen) atoms. The predicted molar refractivity (Wildman–Crippen MR) is 51.8 cm³/mol. The summed E-state index contributed by atoms with van der Waals surface area (Å²) in [5.41, 5.74) is 0. The van der Waals surface area contributed by atoms with Gasteiger partial charge in [-0.3, -0.25) is 0 Å². The number of hydrogen-bond donors (Lipinski definition) is 0. The summed E-state index contributed by atoms with van der Waals surface area (Å²) >= 11 is 3.78. The van der Waals surface area contributed by atoms with Crippen molar-refractivity contribution < 1.29 is 0 Å². The summed E-state index contributed by atoms with van der Waals surface area (Å²) in [5.74, 6) is 0. The first-order chi connectivity index (χ1) is 4.68. The molecule has 0 aliphatic carbocycles. The molecule has 0 N–H and O–H groups in total. The van der Waals surface area contributed by atoms with Gasteiger partial charge >= 0.3 is 0 Å². The molecule has 0 aliphatic rings. The molecule has 0 saturated heterocycles. The zero-order valence-corrected chi connectivity index (χ0v) is 9.00. The lowest BCUT2D eigenvalue weighted by atomic mass is 9.97. The van der Waals surface area contributed by atoms with E-state index in [1.165, 1.54) is 32.1 Å². The second kappa shape index (κ2) is 5.17. The largest absolute Gasteiger partial charge is 0.0854 e. The summed E-state index contributed by atoms with van der Waals surface area (Å²) in [4.78, 5) is 0. The van der Waals surface area contributed by atoms with Crippen LogP contribution in [-0.4, -0.2) is 4.32 Å². The fourth-order valence-electron chi connectivity index (χ4n) is 1.10. The zero-order valence-electron chi connectivity index (χ0n) is 7.41. The van der Waals surface area contributed by atoms with E-state index in [9.17, 15) is 0 Å². The van der Waals surface area contributed by atoms with E-state index in [-0.39, 0.29) is 0 Å². The van der Waals surface area contributed by atoms with E-state index in [2.05, 4.69) is 36.7 Å². The molecule has 0 spiro atoms. The van der Waals surface area contributed by atoms with E-state index in [0.717, 1.165) is 0 Å². The van der Waals surface area contributed by atoms with Crippen LogP contribution in [-0.2, 0) is 0 Å². The summed E-state index contributed by atoms with van der Waals surface area (Å²) in [7, 11) is 0. The molecule has 0 radical (unpaired) electrons. The summed E-state index contributed by atoms with van der Waals surface area (Å²) in [6.45, 7) is 6.76. The Hall–Kier alpha value is 0.480. The van der Waals surface area contributed by atoms with Crippen LogP contribution in [0.1, 0.15) is 52.9 Å². The smallest absolute Gasteiger partial charge is 0.0252 e. The highest BCUT2D eigenvalue weighted by Gasteiger charge is 2.20. The highest BCUT2D eigenvalue weighted by Crippen LogP contribution is 2.31. The van der Waals surface area contributed by atoms with Crippen molar-refractivity contribution in [3.8, 4) is 0 Å². The second-order valence-corrected chi connectivity index (χ2v) is 4.64. The van der Waals surface area contributed by atoms with Gasteiger partial charge in [0.1, 0.15) is 0 Å². The van der Waals surface area contributed by atoms with Crippen LogP contribution in [0.2, 0.25) is 0 Å². The van der Waals surface area contributed by atoms with Gasteiger partial charge in [0, 0.05) is 4.32 Å². The van der Waals surface area contributed by atoms with Crippen molar-refractivity contribution in [1.29, 1.82) is 0 Å². The molecule has 0 bridgehead atoms. The fraction of sp³-hybridized carbons (Fsp3) is 1.00. The average Bonchev–Trinajstić information content (AvgIpc) is 2.00. The Balaban J connectivity index is 3.58. The lowest BCUT2D eigenvalue weighted by Gasteiger charge is -2.23. The van der Waals surface area contributed by atoms with Crippen LogP contribution in [0.4, 0.5) is 0 Å². The summed E-state index contributed by atoms with van der Waals surface area (Å²) in [6, 6.07) is 0. The normalized spacial score (nSPS) is 12.0. The van der Waals surface area contributed by atoms with Crippen LogP contribution in [0.3, 0.4) is 0 Å². The van der Waals surface area contributed by atoms with Crippen molar-refractivity contribution in [2.24, 2.45) is 0 Å². The van der Waals surface area contributed by atoms with Gasteiger partial charge in [0.2, 0.25) is 0 Å². The van der Waals surface area contributed by atoms with Crippen LogP contribution >= 0.6 is 15.9 Å². The minimum atomic E-state index is 0.447. The third kappa shape index (κ3) is 3.60. The molecule has 0 aliphatic heterocycles. The van der Waals surface area contributed by atoms with Gasteiger partial charge in [-0.1, -0.05) is 49.5 Å². The van der Waals surface area contributed by atoms with Crippen LogP contribution < -0.4 is 0 Å². The van der Waals surface area contributed by atoms with Crippen LogP contribution in [0.15, 0.2) is 0 Å². The van der Waals surface area contributed by atoms with Crippen molar-refractivity contribution in [3.63, 3.8) is 0 Å². The Morgan fingerprint density at radius 1 is 1.10 bits per heavy atom. The molecule has 0 amide bonds. The number of hydrogen-bond acceptors (Lipinski definition) is 0. The van der Waals surface area contributed by atoms with Crippen molar-refractivity contribution in [2.75, 3.05) is 0 Å². The summed E-state index contributed by atoms with van der Waals surface area (Å²) in [5, 5.41) is 0. The van der Waals surface area contributed by atoms with Crippen molar-refractivity contribution >= 4 is 15.9 Å². The summed E-state index contributed by atoms with van der Waals surface area (Å²) in [6.07, 6.45) is 6.50. The molecule has 0 aromatic heterocycles. The van der Waals surface area contributed by atoms with Gasteiger partial charge in [-0.15, -0.1) is 0 Å². The third-order valence-corrected chi connectivity index (χ3v) is 3.76. The molecule has 0 fully saturated rings. The SMILES string of the molecule is CCCCC(Br)(CC)CC. The van der Waals surface area contributed by atoms with E-state index in [1.807, 2.05) is 0 Å². The molecule has 0 unspecified atom stereocenters. The number of alkyl halides is 1. The molecule has 1 heteroatoms. The molecular formula is C9H19Br. The van der Waals surface area contributed by atoms with Crippen molar-refractivity contribution in [1.82, 2.24) is 0 Å². The number of halogens is 1. The molecule has 0 aromatic rings. The Labute approximate surface area is 73.5 Å². The van der Waals surface area contributed by atoms with E-state index in [1.54, 1.807) is 0 Å². The van der Waals surface area contributed by atoms with Crippen LogP contribution in [0.25, 0.3) is 0 Å². The lowest BCUT2D eigenvalue weighted by molar-refractivity contribution is 0.497. The van der Waals surface area contributed by atoms with Gasteiger partial charge in [-0.05, 0) is 19.3 Å². The quantitative estimate of drug-likeness (QED) is 0.594. The van der Waals surface area contributed by atoms with Crippen LogP contribution in [0.5, 0.6) is 0 Å². The van der Waals surface area contributed by atoms with Crippen molar-refractivity contribution in [3.05, 3.63) is 0 Å². The number of unbranched alkanes of at least 4 members (excludes halogenated alkanes) is 1. The lowest BCUT2D eigenvalue weighted by Crippen LogP contribution is -2.17. The van der Waals surface area contributed by atoms with Gasteiger partial charge in [0.05, 0.1) is 0 Å². The Kier molecular flexibility index (Phi) is 5.42. The molecule has 62 valence electrons. The first-order valence-corrected chi connectivity index (χ1v) is 5.16. The van der Waals surface area contributed by atoms with Gasteiger partial charge in [0.25, 0.3) is 0 Å². The maximum Gasteiger partial charge on any atom is 0.0252 e. The first kappa shape index (κ1) is 10.5. The molecule has 0 saturated carbocycles. The maximum absolute atomic E-state index is 3.78. The van der Waals surface area contributed by atoms with Gasteiger partial charge in [0.15, 0.2) is 0 Å². The third-order valence-electron chi connectivity index (χ3n) is 2.25. The monoisotopic (exact) mass is 206 g/mol. The molecular weight excluding hydrogens is 188 g/mol. The predicted octanol–water partition coefficient (Wildman–Crippen LogP) is 4.13. The second-order valence-electron chi connectivity index (χ2n) is 2.96. The molecule has 0 nitrogen and oxygen atoms in total.